The molecule has 0 radical (unpaired) electrons. The standard InChI is InChI=1S/C10H12O2/c1-2-9(11)10(12)8-6-4-3-5-7-8/h3-7,10,12H,2H2,1H3/t10-/m0/s1. The first kappa shape index (κ1) is 8.94. The highest BCUT2D eigenvalue weighted by atomic mass is 16.3. The number of Topliss-reactive ketones (excluding diaryl/α,β-unsaturated/α-hetero) is 1. The lowest BCUT2D eigenvalue weighted by Crippen LogP contribution is -2.09. The summed E-state index contributed by atoms with van der Waals surface area (Å²) >= 11 is 0. The molecule has 0 amide bonds. The van der Waals surface area contributed by atoms with Gasteiger partial charge >= 0.3 is 0 Å². The van der Waals surface area contributed by atoms with Crippen LogP contribution in [0.4, 0.5) is 0 Å². The molecule has 0 saturated carbocycles. The lowest BCUT2D eigenvalue weighted by molar-refractivity contribution is -0.127. The Morgan fingerprint density at radius 1 is 1.42 bits per heavy atom. The van der Waals surface area contributed by atoms with E-state index in [1.165, 1.54) is 0 Å². The van der Waals surface area contributed by atoms with E-state index < -0.39 is 6.10 Å². The molecule has 12 heavy (non-hydrogen) atoms. The van der Waals surface area contributed by atoms with Gasteiger partial charge in [0.05, 0.1) is 0 Å². The number of aliphatic hydroxyl groups is 1. The van der Waals surface area contributed by atoms with E-state index in [1.807, 2.05) is 18.2 Å². The maximum atomic E-state index is 11.1. The molecule has 0 unspecified atom stereocenters. The SMILES string of the molecule is CCC(=O)[C@@H](O)c1ccccc1. The maximum absolute atomic E-state index is 11.1. The van der Waals surface area contributed by atoms with Crippen LogP contribution >= 0.6 is 0 Å². The fourth-order valence-corrected chi connectivity index (χ4v) is 1.01. The highest BCUT2D eigenvalue weighted by Crippen LogP contribution is 2.13. The highest BCUT2D eigenvalue weighted by Gasteiger charge is 2.13. The normalized spacial score (nSPS) is 12.5. The van der Waals surface area contributed by atoms with E-state index in [-0.39, 0.29) is 5.78 Å². The van der Waals surface area contributed by atoms with Gasteiger partial charge in [0, 0.05) is 6.42 Å². The number of aliphatic hydroxyl groups excluding tert-OH is 1. The number of carbonyl (C=O) groups excluding carboxylic acids is 1. The number of carbonyl (C=O) groups is 1. The fraction of sp³-hybridized carbons (Fsp3) is 0.300. The second-order valence-corrected chi connectivity index (χ2v) is 2.63. The Morgan fingerprint density at radius 3 is 2.50 bits per heavy atom. The van der Waals surface area contributed by atoms with Gasteiger partial charge in [0.25, 0.3) is 0 Å². The molecule has 1 aromatic carbocycles. The van der Waals surface area contributed by atoms with Crippen molar-refractivity contribution >= 4 is 5.78 Å². The van der Waals surface area contributed by atoms with Crippen molar-refractivity contribution in [1.29, 1.82) is 0 Å². The van der Waals surface area contributed by atoms with Crippen molar-refractivity contribution in [2.45, 2.75) is 19.4 Å². The monoisotopic (exact) mass is 164 g/mol. The van der Waals surface area contributed by atoms with E-state index in [9.17, 15) is 9.90 Å². The molecule has 0 aliphatic rings. The summed E-state index contributed by atoms with van der Waals surface area (Å²) in [6, 6.07) is 8.96. The van der Waals surface area contributed by atoms with Gasteiger partial charge in [-0.05, 0) is 5.56 Å². The predicted octanol–water partition coefficient (Wildman–Crippen LogP) is 1.70. The first-order chi connectivity index (χ1) is 5.75. The molecule has 2 nitrogen and oxygen atoms in total. The average molecular weight is 164 g/mol. The van der Waals surface area contributed by atoms with Crippen LogP contribution in [0.3, 0.4) is 0 Å². The quantitative estimate of drug-likeness (QED) is 0.738. The maximum Gasteiger partial charge on any atom is 0.165 e. The zero-order chi connectivity index (χ0) is 8.97. The van der Waals surface area contributed by atoms with Gasteiger partial charge in [-0.15, -0.1) is 0 Å². The van der Waals surface area contributed by atoms with E-state index in [0.29, 0.717) is 12.0 Å². The molecule has 0 fully saturated rings. The Bertz CT molecular complexity index is 254. The van der Waals surface area contributed by atoms with Crippen molar-refractivity contribution in [3.63, 3.8) is 0 Å². The first-order valence-electron chi connectivity index (χ1n) is 4.01. The van der Waals surface area contributed by atoms with Crippen LogP contribution in [0.1, 0.15) is 25.0 Å². The van der Waals surface area contributed by atoms with Crippen LogP contribution in [-0.2, 0) is 4.79 Å². The summed E-state index contributed by atoms with van der Waals surface area (Å²) in [5, 5.41) is 9.44. The van der Waals surface area contributed by atoms with E-state index in [1.54, 1.807) is 19.1 Å². The smallest absolute Gasteiger partial charge is 0.165 e. The van der Waals surface area contributed by atoms with E-state index >= 15 is 0 Å². The van der Waals surface area contributed by atoms with Crippen molar-refractivity contribution in [3.05, 3.63) is 35.9 Å². The molecule has 0 aliphatic heterocycles. The summed E-state index contributed by atoms with van der Waals surface area (Å²) in [7, 11) is 0. The molecule has 0 heterocycles. The third kappa shape index (κ3) is 1.92. The zero-order valence-corrected chi connectivity index (χ0v) is 7.03. The summed E-state index contributed by atoms with van der Waals surface area (Å²) < 4.78 is 0. The molecule has 1 aromatic rings. The Balaban J connectivity index is 2.78. The second-order valence-electron chi connectivity index (χ2n) is 2.63. The number of benzene rings is 1. The summed E-state index contributed by atoms with van der Waals surface area (Å²) in [6.07, 6.45) is -0.577. The number of ketones is 1. The largest absolute Gasteiger partial charge is 0.381 e. The van der Waals surface area contributed by atoms with Crippen LogP contribution in [0.15, 0.2) is 30.3 Å². The van der Waals surface area contributed by atoms with Crippen LogP contribution in [0, 0.1) is 0 Å². The molecule has 0 aromatic heterocycles. The summed E-state index contributed by atoms with van der Waals surface area (Å²) in [4.78, 5) is 11.1. The predicted molar refractivity (Wildman–Crippen MR) is 46.7 cm³/mol. The van der Waals surface area contributed by atoms with Gasteiger partial charge in [0.2, 0.25) is 0 Å². The van der Waals surface area contributed by atoms with Crippen LogP contribution < -0.4 is 0 Å². The molecule has 2 heteroatoms. The molecule has 1 N–H and O–H groups in total. The van der Waals surface area contributed by atoms with Crippen molar-refractivity contribution in [3.8, 4) is 0 Å². The summed E-state index contributed by atoms with van der Waals surface area (Å²) in [6.45, 7) is 1.74. The lowest BCUT2D eigenvalue weighted by atomic mass is 10.0. The minimum atomic E-state index is -0.948. The molecule has 64 valence electrons. The van der Waals surface area contributed by atoms with E-state index in [4.69, 9.17) is 0 Å². The van der Waals surface area contributed by atoms with Gasteiger partial charge in [-0.1, -0.05) is 37.3 Å². The molecule has 0 spiro atoms. The highest BCUT2D eigenvalue weighted by molar-refractivity contribution is 5.83. The van der Waals surface area contributed by atoms with Crippen molar-refractivity contribution in [2.24, 2.45) is 0 Å². The molecule has 1 rings (SSSR count). The molecule has 1 atom stereocenters. The molecule has 0 bridgehead atoms. The topological polar surface area (TPSA) is 37.3 Å². The minimum absolute atomic E-state index is 0.138. The number of rotatable bonds is 3. The van der Waals surface area contributed by atoms with Gasteiger partial charge in [0.15, 0.2) is 5.78 Å². The van der Waals surface area contributed by atoms with Crippen molar-refractivity contribution in [2.75, 3.05) is 0 Å². The Hall–Kier alpha value is -1.15. The van der Waals surface area contributed by atoms with Gasteiger partial charge < -0.3 is 5.11 Å². The van der Waals surface area contributed by atoms with E-state index in [0.717, 1.165) is 0 Å². The third-order valence-electron chi connectivity index (χ3n) is 1.77. The Kier molecular flexibility index (Phi) is 3.00. The summed E-state index contributed by atoms with van der Waals surface area (Å²) in [5.41, 5.74) is 0.671. The lowest BCUT2D eigenvalue weighted by Gasteiger charge is -2.07. The van der Waals surface area contributed by atoms with Gasteiger partial charge in [0.1, 0.15) is 6.10 Å². The van der Waals surface area contributed by atoms with Gasteiger partial charge in [-0.2, -0.15) is 0 Å². The number of hydrogen-bond donors (Lipinski definition) is 1. The molecule has 0 aliphatic carbocycles. The third-order valence-corrected chi connectivity index (χ3v) is 1.77. The van der Waals surface area contributed by atoms with Crippen LogP contribution in [0.25, 0.3) is 0 Å². The minimum Gasteiger partial charge on any atom is -0.381 e. The van der Waals surface area contributed by atoms with Crippen molar-refractivity contribution < 1.29 is 9.90 Å². The Labute approximate surface area is 71.8 Å². The molecular formula is C10H12O2. The Morgan fingerprint density at radius 2 is 2.00 bits per heavy atom. The average Bonchev–Trinajstić information content (AvgIpc) is 2.17. The molecular weight excluding hydrogens is 152 g/mol. The second kappa shape index (κ2) is 4.02. The van der Waals surface area contributed by atoms with Gasteiger partial charge in [-0.25, -0.2) is 0 Å². The number of hydrogen-bond acceptors (Lipinski definition) is 2. The van der Waals surface area contributed by atoms with Crippen LogP contribution in [0.2, 0.25) is 0 Å². The van der Waals surface area contributed by atoms with Gasteiger partial charge in [-0.3, -0.25) is 4.79 Å². The zero-order valence-electron chi connectivity index (χ0n) is 7.03. The van der Waals surface area contributed by atoms with Crippen LogP contribution in [-0.4, -0.2) is 10.9 Å². The van der Waals surface area contributed by atoms with Crippen LogP contribution in [0.5, 0.6) is 0 Å². The molecule has 0 saturated heterocycles. The first-order valence-corrected chi connectivity index (χ1v) is 4.01. The fourth-order valence-electron chi connectivity index (χ4n) is 1.01. The summed E-state index contributed by atoms with van der Waals surface area (Å²) in [5.74, 6) is -0.138. The van der Waals surface area contributed by atoms with Crippen molar-refractivity contribution in [1.82, 2.24) is 0 Å². The van der Waals surface area contributed by atoms with E-state index in [2.05, 4.69) is 0 Å².